The Morgan fingerprint density at radius 3 is 2.93 bits per heavy atom. The van der Waals surface area contributed by atoms with Gasteiger partial charge in [0, 0.05) is 36.7 Å². The predicted octanol–water partition coefficient (Wildman–Crippen LogP) is 3.57. The van der Waals surface area contributed by atoms with Crippen molar-refractivity contribution in [2.75, 3.05) is 22.1 Å². The van der Waals surface area contributed by atoms with Crippen molar-refractivity contribution in [2.24, 2.45) is 0 Å². The molecule has 3 aromatic rings. The Bertz CT molecular complexity index is 949. The predicted molar refractivity (Wildman–Crippen MR) is 108 cm³/mol. The van der Waals surface area contributed by atoms with Crippen molar-refractivity contribution in [3.05, 3.63) is 55.2 Å². The molecule has 4 heterocycles. The van der Waals surface area contributed by atoms with Crippen molar-refractivity contribution in [3.8, 4) is 11.3 Å². The van der Waals surface area contributed by atoms with Gasteiger partial charge in [-0.05, 0) is 50.1 Å². The summed E-state index contributed by atoms with van der Waals surface area (Å²) in [4.78, 5) is 31.8. The summed E-state index contributed by atoms with van der Waals surface area (Å²) in [5, 5.41) is 6.23. The molecule has 8 heteroatoms. The number of pyridine rings is 2. The number of nitrogens with zero attached hydrogens (tertiary/aromatic N) is 5. The van der Waals surface area contributed by atoms with Gasteiger partial charge in [-0.15, -0.1) is 0 Å². The summed E-state index contributed by atoms with van der Waals surface area (Å²) in [7, 11) is 0. The Morgan fingerprint density at radius 2 is 2.14 bits per heavy atom. The second-order valence-electron chi connectivity index (χ2n) is 6.62. The largest absolute Gasteiger partial charge is 0.382 e. The van der Waals surface area contributed by atoms with Crippen LogP contribution in [0.1, 0.15) is 19.8 Å². The van der Waals surface area contributed by atoms with Crippen molar-refractivity contribution in [1.29, 1.82) is 0 Å². The first kappa shape index (κ1) is 17.8. The first-order valence-corrected chi connectivity index (χ1v) is 9.24. The highest BCUT2D eigenvalue weighted by molar-refractivity contribution is 6.03. The lowest BCUT2D eigenvalue weighted by Crippen LogP contribution is -2.43. The molecular formula is C20H21N7O. The summed E-state index contributed by atoms with van der Waals surface area (Å²) < 4.78 is 0. The maximum atomic E-state index is 13.1. The van der Waals surface area contributed by atoms with E-state index in [1.165, 1.54) is 6.33 Å². The lowest BCUT2D eigenvalue weighted by Gasteiger charge is -2.32. The molecule has 0 saturated carbocycles. The number of aromatic nitrogens is 4. The van der Waals surface area contributed by atoms with Crippen LogP contribution in [0.2, 0.25) is 0 Å². The molecular weight excluding hydrogens is 354 g/mol. The fourth-order valence-corrected chi connectivity index (χ4v) is 3.23. The van der Waals surface area contributed by atoms with Gasteiger partial charge in [0.2, 0.25) is 0 Å². The molecule has 3 aromatic heterocycles. The standard InChI is InChI=1S/C20H21N7O/c1-14-4-2-10-23-17-7-6-16(15-5-3-9-21-12-15)25-19(17)27(14)20(28)26-18-8-11-22-13-24-18/h3,5-9,11-14,23H,2,4,10H2,1H3,(H,22,24,26,28)/t14-/m1/s1. The normalized spacial score (nSPS) is 16.3. The van der Waals surface area contributed by atoms with Crippen LogP contribution in [0.25, 0.3) is 11.3 Å². The SMILES string of the molecule is C[C@@H]1CCCNc2ccc(-c3cccnc3)nc2N1C(=O)Nc1ccncn1. The number of fused-ring (bicyclic) bond motifs is 1. The number of amides is 2. The number of urea groups is 1. The van der Waals surface area contributed by atoms with Crippen LogP contribution in [0.3, 0.4) is 0 Å². The van der Waals surface area contributed by atoms with E-state index in [2.05, 4.69) is 25.6 Å². The van der Waals surface area contributed by atoms with Gasteiger partial charge in [-0.25, -0.2) is 19.7 Å². The molecule has 0 spiro atoms. The Kier molecular flexibility index (Phi) is 5.09. The summed E-state index contributed by atoms with van der Waals surface area (Å²) in [5.41, 5.74) is 2.49. The summed E-state index contributed by atoms with van der Waals surface area (Å²) in [6, 6.07) is 9.10. The fourth-order valence-electron chi connectivity index (χ4n) is 3.23. The Morgan fingerprint density at radius 1 is 1.21 bits per heavy atom. The van der Waals surface area contributed by atoms with Gasteiger partial charge in [0.05, 0.1) is 11.4 Å². The quantitative estimate of drug-likeness (QED) is 0.711. The van der Waals surface area contributed by atoms with Gasteiger partial charge in [-0.3, -0.25) is 15.2 Å². The summed E-state index contributed by atoms with van der Waals surface area (Å²) in [6.45, 7) is 2.87. The summed E-state index contributed by atoms with van der Waals surface area (Å²) in [5.74, 6) is 1.05. The highest BCUT2D eigenvalue weighted by Crippen LogP contribution is 2.32. The molecule has 0 bridgehead atoms. The third-order valence-corrected chi connectivity index (χ3v) is 4.65. The summed E-state index contributed by atoms with van der Waals surface area (Å²) >= 11 is 0. The number of hydrogen-bond donors (Lipinski definition) is 2. The number of nitrogens with one attached hydrogen (secondary N) is 2. The molecule has 0 radical (unpaired) electrons. The van der Waals surface area contributed by atoms with Crippen molar-refractivity contribution in [2.45, 2.75) is 25.8 Å². The van der Waals surface area contributed by atoms with Crippen LogP contribution in [0, 0.1) is 0 Å². The lowest BCUT2D eigenvalue weighted by molar-refractivity contribution is 0.254. The average molecular weight is 375 g/mol. The van der Waals surface area contributed by atoms with Gasteiger partial charge in [0.25, 0.3) is 0 Å². The minimum atomic E-state index is -0.271. The highest BCUT2D eigenvalue weighted by Gasteiger charge is 2.28. The van der Waals surface area contributed by atoms with E-state index in [-0.39, 0.29) is 12.1 Å². The second kappa shape index (κ2) is 7.99. The number of anilines is 3. The van der Waals surface area contributed by atoms with E-state index < -0.39 is 0 Å². The topological polar surface area (TPSA) is 95.9 Å². The molecule has 0 unspecified atom stereocenters. The van der Waals surface area contributed by atoms with E-state index in [1.807, 2.05) is 31.2 Å². The summed E-state index contributed by atoms with van der Waals surface area (Å²) in [6.07, 6.45) is 8.31. The van der Waals surface area contributed by atoms with Gasteiger partial charge in [-0.1, -0.05) is 0 Å². The van der Waals surface area contributed by atoms with Crippen LogP contribution in [0.4, 0.5) is 22.1 Å². The van der Waals surface area contributed by atoms with E-state index in [0.717, 1.165) is 36.3 Å². The molecule has 0 fully saturated rings. The monoisotopic (exact) mass is 375 g/mol. The van der Waals surface area contributed by atoms with Crippen molar-refractivity contribution < 1.29 is 4.79 Å². The molecule has 142 valence electrons. The van der Waals surface area contributed by atoms with Crippen molar-refractivity contribution in [3.63, 3.8) is 0 Å². The van der Waals surface area contributed by atoms with Gasteiger partial charge in [0.15, 0.2) is 5.82 Å². The maximum absolute atomic E-state index is 13.1. The van der Waals surface area contributed by atoms with E-state index in [1.54, 1.807) is 29.6 Å². The van der Waals surface area contributed by atoms with Gasteiger partial charge in [-0.2, -0.15) is 0 Å². The maximum Gasteiger partial charge on any atom is 0.328 e. The smallest absolute Gasteiger partial charge is 0.328 e. The Labute approximate surface area is 163 Å². The molecule has 0 aromatic carbocycles. The van der Waals surface area contributed by atoms with Crippen molar-refractivity contribution in [1.82, 2.24) is 19.9 Å². The second-order valence-corrected chi connectivity index (χ2v) is 6.62. The number of rotatable bonds is 2. The molecule has 1 aliphatic heterocycles. The van der Waals surface area contributed by atoms with Gasteiger partial charge >= 0.3 is 6.03 Å². The first-order valence-electron chi connectivity index (χ1n) is 9.24. The van der Waals surface area contributed by atoms with E-state index in [9.17, 15) is 4.79 Å². The van der Waals surface area contributed by atoms with Crippen LogP contribution in [-0.4, -0.2) is 38.6 Å². The number of carbonyl (C=O) groups is 1. The van der Waals surface area contributed by atoms with Gasteiger partial charge in [0.1, 0.15) is 12.1 Å². The van der Waals surface area contributed by atoms with Crippen LogP contribution >= 0.6 is 0 Å². The molecule has 2 amide bonds. The van der Waals surface area contributed by atoms with Crippen molar-refractivity contribution >= 4 is 23.4 Å². The van der Waals surface area contributed by atoms with E-state index >= 15 is 0 Å². The third kappa shape index (κ3) is 3.75. The van der Waals surface area contributed by atoms with E-state index in [0.29, 0.717) is 11.6 Å². The lowest BCUT2D eigenvalue weighted by atomic mass is 10.1. The molecule has 0 saturated heterocycles. The average Bonchev–Trinajstić information content (AvgIpc) is 2.72. The molecule has 1 atom stereocenters. The zero-order valence-electron chi connectivity index (χ0n) is 15.5. The number of hydrogen-bond acceptors (Lipinski definition) is 6. The minimum absolute atomic E-state index is 0.0145. The molecule has 1 aliphatic rings. The van der Waals surface area contributed by atoms with Gasteiger partial charge < -0.3 is 5.32 Å². The highest BCUT2D eigenvalue weighted by atomic mass is 16.2. The minimum Gasteiger partial charge on any atom is -0.382 e. The molecule has 28 heavy (non-hydrogen) atoms. The van der Waals surface area contributed by atoms with Crippen LogP contribution in [0.5, 0.6) is 0 Å². The zero-order chi connectivity index (χ0) is 19.3. The van der Waals surface area contributed by atoms with Crippen LogP contribution in [-0.2, 0) is 0 Å². The molecule has 0 aliphatic carbocycles. The molecule has 4 rings (SSSR count). The third-order valence-electron chi connectivity index (χ3n) is 4.65. The zero-order valence-corrected chi connectivity index (χ0v) is 15.5. The fraction of sp³-hybridized carbons (Fsp3) is 0.250. The van der Waals surface area contributed by atoms with E-state index in [4.69, 9.17) is 4.98 Å². The molecule has 2 N–H and O–H groups in total. The molecule has 8 nitrogen and oxygen atoms in total. The first-order chi connectivity index (χ1) is 13.7. The van der Waals surface area contributed by atoms with Crippen LogP contribution < -0.4 is 15.5 Å². The number of carbonyl (C=O) groups excluding carboxylic acids is 1. The Hall–Kier alpha value is -3.55. The van der Waals surface area contributed by atoms with Crippen LogP contribution in [0.15, 0.2) is 55.2 Å². The Balaban J connectivity index is 1.74.